The number of sulfone groups is 1. The Kier molecular flexibility index (Phi) is 4.54. The molecule has 0 spiro atoms. The zero-order valence-electron chi connectivity index (χ0n) is 11.7. The third kappa shape index (κ3) is 3.72. The molecule has 0 aliphatic carbocycles. The van der Waals surface area contributed by atoms with Gasteiger partial charge in [-0.1, -0.05) is 11.2 Å². The summed E-state index contributed by atoms with van der Waals surface area (Å²) < 4.78 is 54.2. The Balaban J connectivity index is 2.24. The first-order valence-electron chi connectivity index (χ1n) is 6.46. The minimum atomic E-state index is -3.69. The SMILES string of the molecule is C=CCN(C1CCS(=O)(=O)C1)S(=O)(=O)Cc1nocc1C. The molecule has 0 N–H and O–H groups in total. The Hall–Kier alpha value is -1.19. The maximum absolute atomic E-state index is 12.5. The van der Waals surface area contributed by atoms with E-state index in [2.05, 4.69) is 11.7 Å². The molecule has 1 aliphatic heterocycles. The molecule has 1 aromatic rings. The number of aryl methyl sites for hydroxylation is 1. The van der Waals surface area contributed by atoms with Crippen molar-refractivity contribution >= 4 is 19.9 Å². The van der Waals surface area contributed by atoms with E-state index in [0.29, 0.717) is 17.7 Å². The van der Waals surface area contributed by atoms with Gasteiger partial charge in [0.25, 0.3) is 0 Å². The summed E-state index contributed by atoms with van der Waals surface area (Å²) in [5.74, 6) is -0.429. The van der Waals surface area contributed by atoms with E-state index in [1.807, 2.05) is 0 Å². The highest BCUT2D eigenvalue weighted by Gasteiger charge is 2.37. The predicted octanol–water partition coefficient (Wildman–Crippen LogP) is 0.488. The molecule has 118 valence electrons. The van der Waals surface area contributed by atoms with Crippen LogP contribution >= 0.6 is 0 Å². The van der Waals surface area contributed by atoms with Crippen molar-refractivity contribution in [1.29, 1.82) is 0 Å². The van der Waals surface area contributed by atoms with Gasteiger partial charge < -0.3 is 4.52 Å². The van der Waals surface area contributed by atoms with Crippen molar-refractivity contribution in [3.8, 4) is 0 Å². The van der Waals surface area contributed by atoms with Gasteiger partial charge in [0.1, 0.15) is 17.7 Å². The van der Waals surface area contributed by atoms with Gasteiger partial charge in [0.15, 0.2) is 9.84 Å². The van der Waals surface area contributed by atoms with E-state index >= 15 is 0 Å². The summed E-state index contributed by atoms with van der Waals surface area (Å²) >= 11 is 0. The lowest BCUT2D eigenvalue weighted by atomic mass is 10.2. The van der Waals surface area contributed by atoms with E-state index in [1.165, 1.54) is 16.6 Å². The predicted molar refractivity (Wildman–Crippen MR) is 77.8 cm³/mol. The Labute approximate surface area is 124 Å². The average Bonchev–Trinajstić information content (AvgIpc) is 2.92. The molecule has 9 heteroatoms. The maximum atomic E-state index is 12.5. The number of sulfonamides is 1. The molecule has 0 amide bonds. The molecule has 1 aliphatic rings. The van der Waals surface area contributed by atoms with Crippen LogP contribution in [0.5, 0.6) is 0 Å². The number of hydrogen-bond acceptors (Lipinski definition) is 6. The quantitative estimate of drug-likeness (QED) is 0.702. The molecule has 7 nitrogen and oxygen atoms in total. The number of hydrogen-bond donors (Lipinski definition) is 0. The van der Waals surface area contributed by atoms with Crippen LogP contribution in [-0.4, -0.2) is 50.4 Å². The number of rotatable bonds is 6. The van der Waals surface area contributed by atoms with E-state index in [0.717, 1.165) is 0 Å². The lowest BCUT2D eigenvalue weighted by Crippen LogP contribution is -2.41. The second kappa shape index (κ2) is 5.90. The van der Waals surface area contributed by atoms with Crippen LogP contribution in [0.1, 0.15) is 17.7 Å². The summed E-state index contributed by atoms with van der Waals surface area (Å²) in [5.41, 5.74) is 0.987. The smallest absolute Gasteiger partial charge is 0.220 e. The molecule has 0 saturated carbocycles. The van der Waals surface area contributed by atoms with Gasteiger partial charge in [0, 0.05) is 18.2 Å². The minimum absolute atomic E-state index is 0.0177. The highest BCUT2D eigenvalue weighted by molar-refractivity contribution is 7.92. The monoisotopic (exact) mass is 334 g/mol. The van der Waals surface area contributed by atoms with Crippen LogP contribution in [0.25, 0.3) is 0 Å². The molecule has 21 heavy (non-hydrogen) atoms. The fourth-order valence-corrected chi connectivity index (χ4v) is 5.91. The zero-order chi connectivity index (χ0) is 15.7. The van der Waals surface area contributed by atoms with Crippen molar-refractivity contribution in [1.82, 2.24) is 9.46 Å². The number of nitrogens with zero attached hydrogens (tertiary/aromatic N) is 2. The molecule has 1 fully saturated rings. The van der Waals surface area contributed by atoms with E-state index in [4.69, 9.17) is 4.52 Å². The van der Waals surface area contributed by atoms with Crippen molar-refractivity contribution in [2.24, 2.45) is 0 Å². The topological polar surface area (TPSA) is 97.6 Å². The van der Waals surface area contributed by atoms with Crippen LogP contribution in [0.4, 0.5) is 0 Å². The van der Waals surface area contributed by atoms with Crippen molar-refractivity contribution in [2.45, 2.75) is 25.1 Å². The van der Waals surface area contributed by atoms with Gasteiger partial charge in [0.05, 0.1) is 11.5 Å². The first kappa shape index (κ1) is 16.2. The zero-order valence-corrected chi connectivity index (χ0v) is 13.4. The van der Waals surface area contributed by atoms with Crippen LogP contribution in [-0.2, 0) is 25.6 Å². The normalized spacial score (nSPS) is 21.7. The Bertz CT molecular complexity index is 721. The Morgan fingerprint density at radius 1 is 1.57 bits per heavy atom. The summed E-state index contributed by atoms with van der Waals surface area (Å²) in [5, 5.41) is 3.67. The molecule has 1 unspecified atom stereocenters. The van der Waals surface area contributed by atoms with Crippen molar-refractivity contribution in [3.05, 3.63) is 30.2 Å². The van der Waals surface area contributed by atoms with Crippen LogP contribution in [0.3, 0.4) is 0 Å². The highest BCUT2D eigenvalue weighted by atomic mass is 32.2. The first-order valence-corrected chi connectivity index (χ1v) is 9.89. The lowest BCUT2D eigenvalue weighted by Gasteiger charge is -2.25. The molecule has 0 aromatic carbocycles. The van der Waals surface area contributed by atoms with Crippen molar-refractivity contribution in [2.75, 3.05) is 18.1 Å². The molecule has 2 rings (SSSR count). The fourth-order valence-electron chi connectivity index (χ4n) is 2.32. The molecule has 1 saturated heterocycles. The number of aromatic nitrogens is 1. The van der Waals surface area contributed by atoms with Crippen LogP contribution in [0.15, 0.2) is 23.4 Å². The van der Waals surface area contributed by atoms with E-state index in [9.17, 15) is 16.8 Å². The van der Waals surface area contributed by atoms with Gasteiger partial charge in [-0.2, -0.15) is 4.31 Å². The van der Waals surface area contributed by atoms with E-state index < -0.39 is 25.9 Å². The molecule has 1 atom stereocenters. The van der Waals surface area contributed by atoms with Gasteiger partial charge in [-0.05, 0) is 13.3 Å². The molecular formula is C12H18N2O5S2. The molecular weight excluding hydrogens is 316 g/mol. The molecule has 0 radical (unpaired) electrons. The van der Waals surface area contributed by atoms with Crippen LogP contribution in [0.2, 0.25) is 0 Å². The third-order valence-corrected chi connectivity index (χ3v) is 7.00. The van der Waals surface area contributed by atoms with Gasteiger partial charge in [-0.25, -0.2) is 16.8 Å². The second-order valence-corrected chi connectivity index (χ2v) is 9.27. The van der Waals surface area contributed by atoms with Gasteiger partial charge >= 0.3 is 0 Å². The summed E-state index contributed by atoms with van der Waals surface area (Å²) in [6.45, 7) is 5.34. The second-order valence-electron chi connectivity index (χ2n) is 5.12. The minimum Gasteiger partial charge on any atom is -0.364 e. The van der Waals surface area contributed by atoms with Crippen LogP contribution < -0.4 is 0 Å². The third-order valence-electron chi connectivity index (χ3n) is 3.45. The van der Waals surface area contributed by atoms with Gasteiger partial charge in [-0.15, -0.1) is 6.58 Å². The van der Waals surface area contributed by atoms with Gasteiger partial charge in [0.2, 0.25) is 10.0 Å². The standard InChI is InChI=1S/C12H18N2O5S2/c1-3-5-14(11-4-6-20(15,16)8-11)21(17,18)9-12-10(2)7-19-13-12/h3,7,11H,1,4-6,8-9H2,2H3. The molecule has 0 bridgehead atoms. The summed E-state index contributed by atoms with van der Waals surface area (Å²) in [6.07, 6.45) is 3.15. The highest BCUT2D eigenvalue weighted by Crippen LogP contribution is 2.23. The van der Waals surface area contributed by atoms with Crippen molar-refractivity contribution in [3.63, 3.8) is 0 Å². The summed E-state index contributed by atoms with van der Waals surface area (Å²) in [7, 11) is -6.85. The van der Waals surface area contributed by atoms with E-state index in [1.54, 1.807) is 6.92 Å². The van der Waals surface area contributed by atoms with Crippen LogP contribution in [0, 0.1) is 6.92 Å². The van der Waals surface area contributed by atoms with E-state index in [-0.39, 0.29) is 23.8 Å². The maximum Gasteiger partial charge on any atom is 0.220 e. The van der Waals surface area contributed by atoms with Gasteiger partial charge in [-0.3, -0.25) is 0 Å². The Morgan fingerprint density at radius 3 is 2.76 bits per heavy atom. The average molecular weight is 334 g/mol. The first-order chi connectivity index (χ1) is 9.75. The Morgan fingerprint density at radius 2 is 2.29 bits per heavy atom. The summed E-state index contributed by atoms with van der Waals surface area (Å²) in [4.78, 5) is 0. The molecule has 1 aromatic heterocycles. The summed E-state index contributed by atoms with van der Waals surface area (Å²) in [6, 6.07) is -0.537. The largest absolute Gasteiger partial charge is 0.364 e. The lowest BCUT2D eigenvalue weighted by molar-refractivity contribution is 0.365. The fraction of sp³-hybridized carbons (Fsp3) is 0.583. The molecule has 2 heterocycles. The van der Waals surface area contributed by atoms with Crippen molar-refractivity contribution < 1.29 is 21.4 Å².